The molecule has 1 aromatic rings. The number of hydrogen-bond donors (Lipinski definition) is 3. The zero-order valence-corrected chi connectivity index (χ0v) is 11.7. The van der Waals surface area contributed by atoms with E-state index in [1.54, 1.807) is 4.90 Å². The molecule has 0 spiro atoms. The van der Waals surface area contributed by atoms with Crippen LogP contribution in [0.1, 0.15) is 36.0 Å². The second-order valence-electron chi connectivity index (χ2n) is 5.41. The lowest BCUT2D eigenvalue weighted by Crippen LogP contribution is -2.38. The molecule has 1 saturated heterocycles. The van der Waals surface area contributed by atoms with E-state index in [1.807, 2.05) is 0 Å². The summed E-state index contributed by atoms with van der Waals surface area (Å²) in [6.45, 7) is 1.14. The Hall–Kier alpha value is -2.24. The standard InChI is InChI=1S/C15H19NO5/c17-12-7-11(8-13(18)9-12)15(21)16-5-3-10(4-6-16)1-2-14(19)20/h7-10,17-18H,1-6H2,(H,19,20). The second kappa shape index (κ2) is 6.47. The SMILES string of the molecule is O=C(O)CCC1CCN(C(=O)c2cc(O)cc(O)c2)CC1. The first kappa shape index (κ1) is 15.2. The van der Waals surface area contributed by atoms with Gasteiger partial charge in [-0.2, -0.15) is 0 Å². The van der Waals surface area contributed by atoms with Gasteiger partial charge < -0.3 is 20.2 Å². The van der Waals surface area contributed by atoms with Crippen LogP contribution in [0.15, 0.2) is 18.2 Å². The van der Waals surface area contributed by atoms with Crippen LogP contribution in [0, 0.1) is 5.92 Å². The molecule has 6 nitrogen and oxygen atoms in total. The number of rotatable bonds is 4. The number of carbonyl (C=O) groups excluding carboxylic acids is 1. The molecule has 1 amide bonds. The number of aromatic hydroxyl groups is 2. The minimum Gasteiger partial charge on any atom is -0.508 e. The van der Waals surface area contributed by atoms with Crippen LogP contribution in [0.5, 0.6) is 11.5 Å². The summed E-state index contributed by atoms with van der Waals surface area (Å²) >= 11 is 0. The number of piperidine rings is 1. The third-order valence-electron chi connectivity index (χ3n) is 3.82. The Morgan fingerprint density at radius 2 is 1.67 bits per heavy atom. The largest absolute Gasteiger partial charge is 0.508 e. The van der Waals surface area contributed by atoms with E-state index in [2.05, 4.69) is 0 Å². The summed E-state index contributed by atoms with van der Waals surface area (Å²) in [4.78, 5) is 24.5. The maximum absolute atomic E-state index is 12.3. The van der Waals surface area contributed by atoms with Crippen molar-refractivity contribution in [1.29, 1.82) is 0 Å². The minimum atomic E-state index is -0.788. The highest BCUT2D eigenvalue weighted by atomic mass is 16.4. The van der Waals surface area contributed by atoms with Crippen LogP contribution in [0.2, 0.25) is 0 Å². The lowest BCUT2D eigenvalue weighted by atomic mass is 9.92. The maximum atomic E-state index is 12.3. The van der Waals surface area contributed by atoms with Crippen molar-refractivity contribution in [3.8, 4) is 11.5 Å². The number of benzene rings is 1. The predicted molar refractivity (Wildman–Crippen MR) is 75.3 cm³/mol. The molecular formula is C15H19NO5. The number of phenolic OH excluding ortho intramolecular Hbond substituents is 2. The third-order valence-corrected chi connectivity index (χ3v) is 3.82. The van der Waals surface area contributed by atoms with Gasteiger partial charge in [-0.25, -0.2) is 0 Å². The summed E-state index contributed by atoms with van der Waals surface area (Å²) in [5.74, 6) is -0.964. The molecule has 0 saturated carbocycles. The Labute approximate surface area is 122 Å². The van der Waals surface area contributed by atoms with E-state index in [4.69, 9.17) is 5.11 Å². The summed E-state index contributed by atoms with van der Waals surface area (Å²) in [5.41, 5.74) is 0.261. The molecule has 0 atom stereocenters. The molecule has 0 aliphatic carbocycles. The Bertz CT molecular complexity index is 515. The first-order valence-electron chi connectivity index (χ1n) is 7.00. The second-order valence-corrected chi connectivity index (χ2v) is 5.41. The first-order valence-corrected chi connectivity index (χ1v) is 7.00. The van der Waals surface area contributed by atoms with Gasteiger partial charge in [0, 0.05) is 31.1 Å². The number of amides is 1. The Morgan fingerprint density at radius 1 is 1.10 bits per heavy atom. The van der Waals surface area contributed by atoms with Gasteiger partial charge in [0.15, 0.2) is 0 Å². The highest BCUT2D eigenvalue weighted by Gasteiger charge is 2.24. The normalized spacial score (nSPS) is 15.9. The first-order chi connectivity index (χ1) is 9.95. The maximum Gasteiger partial charge on any atom is 0.303 e. The number of carbonyl (C=O) groups is 2. The molecule has 2 rings (SSSR count). The topological polar surface area (TPSA) is 98.1 Å². The van der Waals surface area contributed by atoms with Crippen LogP contribution in [0.4, 0.5) is 0 Å². The zero-order valence-electron chi connectivity index (χ0n) is 11.7. The quantitative estimate of drug-likeness (QED) is 0.786. The fourth-order valence-corrected chi connectivity index (χ4v) is 2.65. The van der Waals surface area contributed by atoms with Crippen LogP contribution in [-0.4, -0.2) is 45.2 Å². The molecule has 6 heteroatoms. The van der Waals surface area contributed by atoms with Gasteiger partial charge in [-0.15, -0.1) is 0 Å². The summed E-state index contributed by atoms with van der Waals surface area (Å²) in [6, 6.07) is 3.84. The van der Waals surface area contributed by atoms with E-state index in [0.29, 0.717) is 25.4 Å². The lowest BCUT2D eigenvalue weighted by Gasteiger charge is -2.32. The Kier molecular flexibility index (Phi) is 4.67. The summed E-state index contributed by atoms with van der Waals surface area (Å²) < 4.78 is 0. The molecule has 114 valence electrons. The molecule has 0 aromatic heterocycles. The van der Waals surface area contributed by atoms with Crippen LogP contribution in [0.3, 0.4) is 0 Å². The third kappa shape index (κ3) is 4.11. The highest BCUT2D eigenvalue weighted by molar-refractivity contribution is 5.95. The van der Waals surface area contributed by atoms with E-state index in [9.17, 15) is 19.8 Å². The van der Waals surface area contributed by atoms with Crippen LogP contribution in [-0.2, 0) is 4.79 Å². The summed E-state index contributed by atoms with van der Waals surface area (Å²) in [5, 5.41) is 27.5. The minimum absolute atomic E-state index is 0.144. The van der Waals surface area contributed by atoms with Crippen LogP contribution >= 0.6 is 0 Å². The Balaban J connectivity index is 1.92. The van der Waals surface area contributed by atoms with Gasteiger partial charge in [-0.3, -0.25) is 9.59 Å². The van der Waals surface area contributed by atoms with Gasteiger partial charge in [0.1, 0.15) is 11.5 Å². The van der Waals surface area contributed by atoms with Crippen molar-refractivity contribution in [2.45, 2.75) is 25.7 Å². The number of likely N-dealkylation sites (tertiary alicyclic amines) is 1. The zero-order chi connectivity index (χ0) is 15.4. The van der Waals surface area contributed by atoms with Crippen molar-refractivity contribution in [2.24, 2.45) is 5.92 Å². The summed E-state index contributed by atoms with van der Waals surface area (Å²) in [6.07, 6.45) is 2.37. The molecule has 1 aliphatic heterocycles. The van der Waals surface area contributed by atoms with E-state index in [1.165, 1.54) is 18.2 Å². The molecule has 0 unspecified atom stereocenters. The van der Waals surface area contributed by atoms with Crippen molar-refractivity contribution < 1.29 is 24.9 Å². The van der Waals surface area contributed by atoms with Gasteiger partial charge in [0.25, 0.3) is 5.91 Å². The number of carboxylic acids is 1. The van der Waals surface area contributed by atoms with E-state index >= 15 is 0 Å². The van der Waals surface area contributed by atoms with Crippen LogP contribution in [0.25, 0.3) is 0 Å². The number of aliphatic carboxylic acids is 1. The average molecular weight is 293 g/mol. The predicted octanol–water partition coefficient (Wildman–Crippen LogP) is 1.81. The molecule has 21 heavy (non-hydrogen) atoms. The van der Waals surface area contributed by atoms with Crippen molar-refractivity contribution in [3.63, 3.8) is 0 Å². The van der Waals surface area contributed by atoms with E-state index < -0.39 is 5.97 Å². The van der Waals surface area contributed by atoms with E-state index in [0.717, 1.165) is 12.8 Å². The molecular weight excluding hydrogens is 274 g/mol. The van der Waals surface area contributed by atoms with Crippen molar-refractivity contribution >= 4 is 11.9 Å². The van der Waals surface area contributed by atoms with Crippen molar-refractivity contribution in [1.82, 2.24) is 4.90 Å². The van der Waals surface area contributed by atoms with Crippen molar-refractivity contribution in [3.05, 3.63) is 23.8 Å². The highest BCUT2D eigenvalue weighted by Crippen LogP contribution is 2.25. The molecule has 3 N–H and O–H groups in total. The fourth-order valence-electron chi connectivity index (χ4n) is 2.65. The van der Waals surface area contributed by atoms with Gasteiger partial charge in [0.2, 0.25) is 0 Å². The molecule has 0 radical (unpaired) electrons. The fraction of sp³-hybridized carbons (Fsp3) is 0.467. The molecule has 1 aromatic carbocycles. The van der Waals surface area contributed by atoms with Crippen LogP contribution < -0.4 is 0 Å². The molecule has 0 bridgehead atoms. The molecule has 1 heterocycles. The monoisotopic (exact) mass is 293 g/mol. The van der Waals surface area contributed by atoms with Gasteiger partial charge in [0.05, 0.1) is 0 Å². The number of nitrogens with zero attached hydrogens (tertiary/aromatic N) is 1. The van der Waals surface area contributed by atoms with E-state index in [-0.39, 0.29) is 29.4 Å². The molecule has 1 fully saturated rings. The molecule has 1 aliphatic rings. The smallest absolute Gasteiger partial charge is 0.303 e. The number of carboxylic acid groups (broad SMARTS) is 1. The lowest BCUT2D eigenvalue weighted by molar-refractivity contribution is -0.137. The van der Waals surface area contributed by atoms with Crippen molar-refractivity contribution in [2.75, 3.05) is 13.1 Å². The van der Waals surface area contributed by atoms with Gasteiger partial charge in [-0.1, -0.05) is 0 Å². The van der Waals surface area contributed by atoms with Gasteiger partial charge in [-0.05, 0) is 37.3 Å². The van der Waals surface area contributed by atoms with Gasteiger partial charge >= 0.3 is 5.97 Å². The average Bonchev–Trinajstić information content (AvgIpc) is 2.44. The number of hydrogen-bond acceptors (Lipinski definition) is 4. The number of phenols is 2. The summed E-state index contributed by atoms with van der Waals surface area (Å²) in [7, 11) is 0. The Morgan fingerprint density at radius 3 is 2.19 bits per heavy atom.